The van der Waals surface area contributed by atoms with Gasteiger partial charge in [0.25, 0.3) is 0 Å². The summed E-state index contributed by atoms with van der Waals surface area (Å²) in [5, 5.41) is 0. The van der Waals surface area contributed by atoms with Gasteiger partial charge in [-0.25, -0.2) is 0 Å². The predicted molar refractivity (Wildman–Crippen MR) is 138 cm³/mol. The van der Waals surface area contributed by atoms with Crippen LogP contribution in [0.15, 0.2) is 30.3 Å². The zero-order valence-corrected chi connectivity index (χ0v) is 22.6. The summed E-state index contributed by atoms with van der Waals surface area (Å²) in [5.74, 6) is 0.516. The average molecular weight is 456 g/mol. The lowest BCUT2D eigenvalue weighted by Crippen LogP contribution is -2.41. The van der Waals surface area contributed by atoms with Gasteiger partial charge in [-0.05, 0) is 73.3 Å². The maximum absolute atomic E-state index is 6.57. The molecule has 1 aromatic carbocycles. The van der Waals surface area contributed by atoms with Crippen LogP contribution in [0, 0.1) is 5.92 Å². The van der Waals surface area contributed by atoms with E-state index in [1.807, 2.05) is 0 Å². The van der Waals surface area contributed by atoms with Crippen LogP contribution in [0.5, 0.6) is 0 Å². The van der Waals surface area contributed by atoms with Gasteiger partial charge in [-0.3, -0.25) is 0 Å². The second kappa shape index (κ2) is 10.0. The molecular formula is C27H46B2O4. The quantitative estimate of drug-likeness (QED) is 0.283. The second-order valence-corrected chi connectivity index (χ2v) is 12.2. The highest BCUT2D eigenvalue weighted by atomic mass is 16.7. The van der Waals surface area contributed by atoms with Crippen LogP contribution in [0.25, 0.3) is 0 Å². The molecule has 0 N–H and O–H groups in total. The van der Waals surface area contributed by atoms with E-state index in [1.165, 1.54) is 31.2 Å². The minimum atomic E-state index is -0.378. The molecule has 2 heterocycles. The molecule has 33 heavy (non-hydrogen) atoms. The molecule has 0 saturated carbocycles. The zero-order chi connectivity index (χ0) is 24.5. The standard InChI is InChI=1S/C27H46B2O4/c1-10-11-13-18-22(19-21-16-14-12-15-17-21)20-23(28-30-24(2,3)25(4,5)31-28)29-32-26(6,7)27(8,9)33-29/h12,14-17,22-23H,10-11,13,18-20H2,1-9H3. The molecule has 2 aliphatic rings. The van der Waals surface area contributed by atoms with E-state index in [4.69, 9.17) is 18.6 Å². The maximum Gasteiger partial charge on any atom is 0.458 e. The van der Waals surface area contributed by atoms with Gasteiger partial charge in [-0.2, -0.15) is 0 Å². The molecule has 6 heteroatoms. The Morgan fingerprint density at radius 1 is 0.697 bits per heavy atom. The predicted octanol–water partition coefficient (Wildman–Crippen LogP) is 6.91. The fourth-order valence-corrected chi connectivity index (χ4v) is 4.80. The van der Waals surface area contributed by atoms with Crippen molar-refractivity contribution >= 4 is 14.2 Å². The first kappa shape index (κ1) is 26.8. The Morgan fingerprint density at radius 2 is 1.15 bits per heavy atom. The lowest BCUT2D eigenvalue weighted by atomic mass is 9.49. The van der Waals surface area contributed by atoms with Gasteiger partial charge in [0.2, 0.25) is 0 Å². The highest BCUT2D eigenvalue weighted by Gasteiger charge is 2.61. The van der Waals surface area contributed by atoms with Gasteiger partial charge >= 0.3 is 14.2 Å². The normalized spacial score (nSPS) is 23.9. The van der Waals surface area contributed by atoms with Crippen molar-refractivity contribution in [3.8, 4) is 0 Å². The summed E-state index contributed by atoms with van der Waals surface area (Å²) >= 11 is 0. The Morgan fingerprint density at radius 3 is 1.58 bits per heavy atom. The highest BCUT2D eigenvalue weighted by Crippen LogP contribution is 2.47. The van der Waals surface area contributed by atoms with Crippen LogP contribution < -0.4 is 0 Å². The van der Waals surface area contributed by atoms with E-state index in [1.54, 1.807) is 0 Å². The minimum absolute atomic E-state index is 0.00226. The number of hydrogen-bond donors (Lipinski definition) is 0. The van der Waals surface area contributed by atoms with Crippen molar-refractivity contribution in [3.63, 3.8) is 0 Å². The number of hydrogen-bond acceptors (Lipinski definition) is 4. The maximum atomic E-state index is 6.57. The van der Waals surface area contributed by atoms with Gasteiger partial charge in [0.15, 0.2) is 0 Å². The Hall–Kier alpha value is -0.810. The van der Waals surface area contributed by atoms with Crippen molar-refractivity contribution in [3.05, 3.63) is 35.9 Å². The van der Waals surface area contributed by atoms with Crippen molar-refractivity contribution in [1.29, 1.82) is 0 Å². The summed E-state index contributed by atoms with van der Waals surface area (Å²) in [6.45, 7) is 19.2. The van der Waals surface area contributed by atoms with Crippen LogP contribution in [0.2, 0.25) is 5.72 Å². The largest absolute Gasteiger partial charge is 0.458 e. The molecule has 1 aromatic rings. The summed E-state index contributed by atoms with van der Waals surface area (Å²) in [6, 6.07) is 10.8. The molecule has 2 saturated heterocycles. The molecule has 1 unspecified atom stereocenters. The summed E-state index contributed by atoms with van der Waals surface area (Å²) in [5.41, 5.74) is -0.121. The van der Waals surface area contributed by atoms with Crippen LogP contribution in [-0.4, -0.2) is 36.6 Å². The molecule has 1 atom stereocenters. The smallest absolute Gasteiger partial charge is 0.403 e. The molecule has 2 aliphatic heterocycles. The lowest BCUT2D eigenvalue weighted by Gasteiger charge is -2.32. The van der Waals surface area contributed by atoms with Crippen molar-refractivity contribution < 1.29 is 18.6 Å². The third kappa shape index (κ3) is 6.07. The summed E-state index contributed by atoms with van der Waals surface area (Å²) in [7, 11) is -0.705. The van der Waals surface area contributed by atoms with Gasteiger partial charge in [0.05, 0.1) is 22.4 Å². The zero-order valence-electron chi connectivity index (χ0n) is 22.6. The molecule has 0 bridgehead atoms. The Kier molecular flexibility index (Phi) is 8.16. The van der Waals surface area contributed by atoms with Gasteiger partial charge in [0, 0.05) is 5.72 Å². The van der Waals surface area contributed by atoms with E-state index < -0.39 is 0 Å². The SMILES string of the molecule is CCCCCC(Cc1ccccc1)CC(B1OC(C)(C)C(C)(C)O1)B1OC(C)(C)C(C)(C)O1. The Bertz CT molecular complexity index is 695. The Balaban J connectivity index is 1.86. The monoisotopic (exact) mass is 456 g/mol. The van der Waals surface area contributed by atoms with Gasteiger partial charge < -0.3 is 18.6 Å². The third-order valence-corrected chi connectivity index (χ3v) is 8.43. The number of unbranched alkanes of at least 4 members (excludes halogenated alkanes) is 2. The van der Waals surface area contributed by atoms with Crippen molar-refractivity contribution in [2.75, 3.05) is 0 Å². The van der Waals surface area contributed by atoms with Crippen LogP contribution >= 0.6 is 0 Å². The topological polar surface area (TPSA) is 36.9 Å². The summed E-state index contributed by atoms with van der Waals surface area (Å²) in [6.07, 6.45) is 6.94. The lowest BCUT2D eigenvalue weighted by molar-refractivity contribution is 0.00578. The van der Waals surface area contributed by atoms with E-state index in [2.05, 4.69) is 92.6 Å². The fraction of sp³-hybridized carbons (Fsp3) is 0.778. The average Bonchev–Trinajstić information content (AvgIpc) is 3.06. The molecule has 0 amide bonds. The Labute approximate surface area is 203 Å². The van der Waals surface area contributed by atoms with Gasteiger partial charge in [-0.1, -0.05) is 69.4 Å². The number of rotatable bonds is 10. The van der Waals surface area contributed by atoms with Crippen LogP contribution in [-0.2, 0) is 25.0 Å². The summed E-state index contributed by atoms with van der Waals surface area (Å²) < 4.78 is 26.3. The molecular weight excluding hydrogens is 410 g/mol. The van der Waals surface area contributed by atoms with Gasteiger partial charge in [-0.15, -0.1) is 0 Å². The van der Waals surface area contributed by atoms with Crippen molar-refractivity contribution in [2.45, 2.75) is 129 Å². The molecule has 0 spiro atoms. The first-order valence-corrected chi connectivity index (χ1v) is 13.0. The van der Waals surface area contributed by atoms with E-state index in [-0.39, 0.29) is 42.4 Å². The van der Waals surface area contributed by atoms with E-state index in [0.717, 1.165) is 12.8 Å². The molecule has 0 aliphatic carbocycles. The molecule has 0 aromatic heterocycles. The van der Waals surface area contributed by atoms with Crippen LogP contribution in [0.4, 0.5) is 0 Å². The molecule has 184 valence electrons. The first-order valence-electron chi connectivity index (χ1n) is 13.0. The third-order valence-electron chi connectivity index (χ3n) is 8.43. The number of benzene rings is 1. The van der Waals surface area contributed by atoms with E-state index in [9.17, 15) is 0 Å². The summed E-state index contributed by atoms with van der Waals surface area (Å²) in [4.78, 5) is 0. The fourth-order valence-electron chi connectivity index (χ4n) is 4.80. The van der Waals surface area contributed by atoms with Crippen LogP contribution in [0.1, 0.15) is 100.0 Å². The molecule has 3 rings (SSSR count). The molecule has 4 nitrogen and oxygen atoms in total. The van der Waals surface area contributed by atoms with Gasteiger partial charge in [0.1, 0.15) is 0 Å². The second-order valence-electron chi connectivity index (χ2n) is 12.2. The van der Waals surface area contributed by atoms with E-state index >= 15 is 0 Å². The van der Waals surface area contributed by atoms with Crippen LogP contribution in [0.3, 0.4) is 0 Å². The minimum Gasteiger partial charge on any atom is -0.403 e. The van der Waals surface area contributed by atoms with Crippen molar-refractivity contribution in [1.82, 2.24) is 0 Å². The molecule has 0 radical (unpaired) electrons. The highest BCUT2D eigenvalue weighted by molar-refractivity contribution is 6.68. The van der Waals surface area contributed by atoms with Crippen molar-refractivity contribution in [2.24, 2.45) is 5.92 Å². The first-order chi connectivity index (χ1) is 15.3. The molecule has 2 fully saturated rings. The van der Waals surface area contributed by atoms with E-state index in [0.29, 0.717) is 5.92 Å².